The average Bonchev–Trinajstić information content (AvgIpc) is 2.90. The van der Waals surface area contributed by atoms with Gasteiger partial charge in [-0.05, 0) is 20.8 Å². The van der Waals surface area contributed by atoms with Gasteiger partial charge < -0.3 is 14.3 Å². The number of hydrogen-bond donors (Lipinski definition) is 0. The van der Waals surface area contributed by atoms with E-state index in [0.717, 1.165) is 4.90 Å². The number of carbonyl (C=O) groups is 4. The predicted molar refractivity (Wildman–Crippen MR) is 96.4 cm³/mol. The molecule has 2 rings (SSSR count). The number of esters is 1. The summed E-state index contributed by atoms with van der Waals surface area (Å²) in [4.78, 5) is 49.3. The van der Waals surface area contributed by atoms with Crippen LogP contribution in [0, 0.1) is 6.07 Å². The molecule has 0 saturated carbocycles. The zero-order chi connectivity index (χ0) is 20.4. The summed E-state index contributed by atoms with van der Waals surface area (Å²) in [6, 6.07) is 5.80. The Kier molecular flexibility index (Phi) is 8.51. The zero-order valence-electron chi connectivity index (χ0n) is 16.8. The maximum atomic E-state index is 12.5. The fourth-order valence-electron chi connectivity index (χ4n) is 2.71. The van der Waals surface area contributed by atoms with Crippen molar-refractivity contribution in [3.8, 4) is 5.75 Å². The van der Waals surface area contributed by atoms with Crippen LogP contribution < -0.4 is 4.74 Å². The van der Waals surface area contributed by atoms with Crippen LogP contribution in [0.4, 0.5) is 0 Å². The van der Waals surface area contributed by atoms with Gasteiger partial charge in [0, 0.05) is 57.2 Å². The second kappa shape index (κ2) is 9.74. The maximum Gasteiger partial charge on any atom is 0.302 e. The number of ketones is 1. The normalized spacial score (nSPS) is 15.1. The molecule has 1 aliphatic rings. The quantitative estimate of drug-likeness (QED) is 0.278. The van der Waals surface area contributed by atoms with Crippen molar-refractivity contribution in [2.75, 3.05) is 13.7 Å². The number of imide groups is 1. The number of nitrogens with zero attached hydrogens (tertiary/aromatic N) is 1. The van der Waals surface area contributed by atoms with Crippen molar-refractivity contribution in [2.24, 2.45) is 0 Å². The summed E-state index contributed by atoms with van der Waals surface area (Å²) in [5.41, 5.74) is 0.0528. The number of Topliss-reactive ketones (excluding diaryl/α,β-unsaturated/α-hetero) is 1. The molecular weight excluding hydrogens is 439 g/mol. The maximum absolute atomic E-state index is 12.5. The molecule has 1 aromatic carbocycles. The molecule has 0 N–H and O–H groups in total. The Morgan fingerprint density at radius 1 is 1.21 bits per heavy atom. The van der Waals surface area contributed by atoms with Gasteiger partial charge in [-0.3, -0.25) is 19.3 Å². The first-order valence-electron chi connectivity index (χ1n) is 8.72. The molecule has 0 aliphatic carbocycles. The van der Waals surface area contributed by atoms with Crippen molar-refractivity contribution in [2.45, 2.75) is 52.1 Å². The van der Waals surface area contributed by atoms with Gasteiger partial charge in [0.2, 0.25) is 11.8 Å². The number of ether oxygens (including phenoxy) is 2. The van der Waals surface area contributed by atoms with E-state index in [9.17, 15) is 19.2 Å². The Labute approximate surface area is 190 Å². The van der Waals surface area contributed by atoms with Crippen LogP contribution in [0.3, 0.4) is 0 Å². The Hall–Kier alpha value is -1.60. The summed E-state index contributed by atoms with van der Waals surface area (Å²) in [7, 11) is 1.44. The summed E-state index contributed by atoms with van der Waals surface area (Å²) in [5, 5.41) is 0. The first-order chi connectivity index (χ1) is 12.5. The van der Waals surface area contributed by atoms with Crippen molar-refractivity contribution < 1.29 is 61.4 Å². The van der Waals surface area contributed by atoms with Crippen LogP contribution in [0.15, 0.2) is 12.1 Å². The minimum Gasteiger partial charge on any atom is -0.522 e. The van der Waals surface area contributed by atoms with Gasteiger partial charge in [-0.15, -0.1) is 11.6 Å². The van der Waals surface area contributed by atoms with E-state index in [1.165, 1.54) is 19.2 Å². The number of methoxy groups -OCH3 is 1. The summed E-state index contributed by atoms with van der Waals surface area (Å²) in [6.45, 7) is 6.64. The third-order valence-electron chi connectivity index (χ3n) is 4.14. The smallest absolute Gasteiger partial charge is 0.302 e. The van der Waals surface area contributed by atoms with Crippen molar-refractivity contribution in [1.29, 1.82) is 0 Å². The molecule has 149 valence electrons. The molecule has 0 bridgehead atoms. The summed E-state index contributed by atoms with van der Waals surface area (Å²) in [6.07, 6.45) is 0.254. The minimum atomic E-state index is -0.682. The van der Waals surface area contributed by atoms with E-state index in [-0.39, 0.29) is 69.5 Å². The number of rotatable bonds is 6. The number of amides is 2. The molecule has 8 heteroatoms. The van der Waals surface area contributed by atoms with Crippen molar-refractivity contribution >= 4 is 23.6 Å². The summed E-state index contributed by atoms with van der Waals surface area (Å²) in [5.74, 6) is -1.92. The Morgan fingerprint density at radius 3 is 2.29 bits per heavy atom. The van der Waals surface area contributed by atoms with Crippen molar-refractivity contribution in [1.82, 2.24) is 4.90 Å². The van der Waals surface area contributed by atoms with Gasteiger partial charge in [-0.2, -0.15) is 12.1 Å². The van der Waals surface area contributed by atoms with Gasteiger partial charge in [0.15, 0.2) is 0 Å². The van der Waals surface area contributed by atoms with Gasteiger partial charge in [-0.1, -0.05) is 12.5 Å². The van der Waals surface area contributed by atoms with Gasteiger partial charge in [0.1, 0.15) is 11.4 Å². The van der Waals surface area contributed by atoms with Crippen LogP contribution in [0.25, 0.3) is 0 Å². The molecule has 1 heterocycles. The molecule has 0 aromatic heterocycles. The van der Waals surface area contributed by atoms with E-state index in [0.29, 0.717) is 11.3 Å². The monoisotopic (exact) mass is 463 g/mol. The van der Waals surface area contributed by atoms with Crippen molar-refractivity contribution in [3.63, 3.8) is 0 Å². The van der Waals surface area contributed by atoms with Crippen LogP contribution >= 0.6 is 0 Å². The van der Waals surface area contributed by atoms with Gasteiger partial charge in [0.25, 0.3) is 0 Å². The van der Waals surface area contributed by atoms with Crippen LogP contribution in [-0.4, -0.2) is 47.7 Å². The first-order valence-corrected chi connectivity index (χ1v) is 8.72. The zero-order valence-corrected chi connectivity index (χ0v) is 19.7. The second-order valence-electron chi connectivity index (χ2n) is 7.43. The van der Waals surface area contributed by atoms with Crippen LogP contribution in [0.1, 0.15) is 62.4 Å². The standard InChI is InChI=1S/C20H24NO6.Y/c1-12(19(25)27-20(2,3)4)14-10-13(6-7-16(14)26-5)15(22)11-21-17(23)8-9-18(21)24;/h6,10,12H,8-9,11H2,1-5H3;/q-1;. The fourth-order valence-corrected chi connectivity index (χ4v) is 2.71. The molecule has 7 nitrogen and oxygen atoms in total. The van der Waals surface area contributed by atoms with E-state index in [2.05, 4.69) is 6.07 Å². The molecule has 1 unspecified atom stereocenters. The third kappa shape index (κ3) is 5.95. The molecule has 1 fully saturated rings. The van der Waals surface area contributed by atoms with Crippen LogP contribution in [0.5, 0.6) is 5.75 Å². The van der Waals surface area contributed by atoms with Gasteiger partial charge in [0.05, 0.1) is 13.7 Å². The average molecular weight is 463 g/mol. The molecule has 1 radical (unpaired) electrons. The van der Waals surface area contributed by atoms with Gasteiger partial charge in [-0.25, -0.2) is 0 Å². The molecule has 2 amide bonds. The molecule has 1 atom stereocenters. The van der Waals surface area contributed by atoms with Crippen LogP contribution in [-0.2, 0) is 51.8 Å². The third-order valence-corrected chi connectivity index (χ3v) is 4.14. The number of carbonyl (C=O) groups excluding carboxylic acids is 4. The largest absolute Gasteiger partial charge is 0.522 e. The Balaban J connectivity index is 0.00000392. The summed E-state index contributed by atoms with van der Waals surface area (Å²) >= 11 is 0. The number of benzene rings is 1. The van der Waals surface area contributed by atoms with E-state index in [4.69, 9.17) is 9.47 Å². The Morgan fingerprint density at radius 2 is 1.79 bits per heavy atom. The van der Waals surface area contributed by atoms with E-state index >= 15 is 0 Å². The predicted octanol–water partition coefficient (Wildman–Crippen LogP) is 2.27. The SMILES string of the molecule is COc1[c-]cc(C(=O)CN2C(=O)CCC2=O)cc1C(C)C(=O)OC(C)(C)C.[Y]. The molecule has 1 aromatic rings. The van der Waals surface area contributed by atoms with E-state index in [1.807, 2.05) is 0 Å². The van der Waals surface area contributed by atoms with Gasteiger partial charge >= 0.3 is 5.97 Å². The second-order valence-corrected chi connectivity index (χ2v) is 7.43. The Bertz CT molecular complexity index is 767. The fraction of sp³-hybridized carbons (Fsp3) is 0.500. The molecular formula is C20H24NO6Y-. The van der Waals surface area contributed by atoms with E-state index < -0.39 is 23.3 Å². The summed E-state index contributed by atoms with van der Waals surface area (Å²) < 4.78 is 10.7. The molecule has 28 heavy (non-hydrogen) atoms. The van der Waals surface area contributed by atoms with Crippen molar-refractivity contribution in [3.05, 3.63) is 29.3 Å². The van der Waals surface area contributed by atoms with E-state index in [1.54, 1.807) is 27.7 Å². The van der Waals surface area contributed by atoms with Crippen LogP contribution in [0.2, 0.25) is 0 Å². The topological polar surface area (TPSA) is 90.0 Å². The minimum absolute atomic E-state index is 0. The molecule has 0 spiro atoms. The molecule has 1 aliphatic heterocycles. The molecule has 1 saturated heterocycles. The number of likely N-dealkylation sites (tertiary alicyclic amines) is 1. The first kappa shape index (κ1) is 24.4. The number of hydrogen-bond acceptors (Lipinski definition) is 6.